The molecule has 0 aliphatic heterocycles. The first kappa shape index (κ1) is 14.2. The van der Waals surface area contributed by atoms with Gasteiger partial charge < -0.3 is 15.7 Å². The van der Waals surface area contributed by atoms with Crippen molar-refractivity contribution in [2.75, 3.05) is 0 Å². The van der Waals surface area contributed by atoms with Crippen LogP contribution in [0.3, 0.4) is 0 Å². The number of carbonyl (C=O) groups excluding carboxylic acids is 1. The number of carboxylic acids is 1. The third-order valence-corrected chi connectivity index (χ3v) is 2.44. The molecular weight excluding hydrogens is 263 g/mol. The van der Waals surface area contributed by atoms with Gasteiger partial charge in [-0.2, -0.15) is 0 Å². The number of halogens is 2. The highest BCUT2D eigenvalue weighted by atomic mass is 35.5. The predicted octanol–water partition coefficient (Wildman–Crippen LogP) is 1.75. The van der Waals surface area contributed by atoms with Crippen LogP contribution in [0, 0.1) is 5.82 Å². The second kappa shape index (κ2) is 6.20. The van der Waals surface area contributed by atoms with Crippen molar-refractivity contribution in [3.63, 3.8) is 0 Å². The van der Waals surface area contributed by atoms with Crippen LogP contribution in [0.5, 0.6) is 0 Å². The van der Waals surface area contributed by atoms with Gasteiger partial charge >= 0.3 is 12.0 Å². The van der Waals surface area contributed by atoms with Crippen molar-refractivity contribution in [2.24, 2.45) is 0 Å². The highest BCUT2D eigenvalue weighted by Gasteiger charge is 2.13. The molecule has 0 saturated carbocycles. The molecule has 0 spiro atoms. The van der Waals surface area contributed by atoms with Gasteiger partial charge in [0.2, 0.25) is 0 Å². The van der Waals surface area contributed by atoms with Crippen LogP contribution in [0.2, 0.25) is 5.02 Å². The Balaban J connectivity index is 2.47. The molecule has 0 unspecified atom stereocenters. The number of hydrogen-bond donors (Lipinski definition) is 3. The van der Waals surface area contributed by atoms with E-state index in [-0.39, 0.29) is 11.6 Å². The highest BCUT2D eigenvalue weighted by Crippen LogP contribution is 2.15. The smallest absolute Gasteiger partial charge is 0.325 e. The maximum absolute atomic E-state index is 12.9. The fourth-order valence-electron chi connectivity index (χ4n) is 1.14. The molecule has 1 aromatic carbocycles. The molecule has 98 valence electrons. The summed E-state index contributed by atoms with van der Waals surface area (Å²) in [5, 5.41) is 13.2. The molecular formula is C11H12ClFN2O3. The Labute approximate surface area is 108 Å². The van der Waals surface area contributed by atoms with E-state index in [0.29, 0.717) is 5.56 Å². The number of carbonyl (C=O) groups is 2. The molecule has 0 aliphatic rings. The van der Waals surface area contributed by atoms with Gasteiger partial charge in [0.25, 0.3) is 0 Å². The van der Waals surface area contributed by atoms with Gasteiger partial charge in [0.15, 0.2) is 0 Å². The second-order valence-electron chi connectivity index (χ2n) is 3.64. The third kappa shape index (κ3) is 4.21. The fourth-order valence-corrected chi connectivity index (χ4v) is 1.34. The van der Waals surface area contributed by atoms with E-state index >= 15 is 0 Å². The lowest BCUT2D eigenvalue weighted by Crippen LogP contribution is -2.44. The van der Waals surface area contributed by atoms with Crippen molar-refractivity contribution in [3.05, 3.63) is 34.6 Å². The largest absolute Gasteiger partial charge is 0.480 e. The summed E-state index contributed by atoms with van der Waals surface area (Å²) in [6.07, 6.45) is 0. The summed E-state index contributed by atoms with van der Waals surface area (Å²) in [5.74, 6) is -1.67. The number of nitrogens with one attached hydrogen (secondary N) is 2. The van der Waals surface area contributed by atoms with E-state index in [9.17, 15) is 14.0 Å². The molecule has 0 bridgehead atoms. The van der Waals surface area contributed by atoms with Gasteiger partial charge in [-0.15, -0.1) is 0 Å². The van der Waals surface area contributed by atoms with Crippen LogP contribution in [-0.4, -0.2) is 23.1 Å². The van der Waals surface area contributed by atoms with Crippen LogP contribution in [0.15, 0.2) is 18.2 Å². The van der Waals surface area contributed by atoms with Gasteiger partial charge in [0.05, 0.1) is 5.02 Å². The molecule has 0 aliphatic carbocycles. The summed E-state index contributed by atoms with van der Waals surface area (Å²) in [5.41, 5.74) is 0.611. The van der Waals surface area contributed by atoms with Crippen molar-refractivity contribution in [3.8, 4) is 0 Å². The number of amides is 2. The normalized spacial score (nSPS) is 11.7. The van der Waals surface area contributed by atoms with Crippen molar-refractivity contribution in [1.82, 2.24) is 10.6 Å². The number of carboxylic acid groups (broad SMARTS) is 1. The molecule has 7 heteroatoms. The molecule has 0 aromatic heterocycles. The monoisotopic (exact) mass is 274 g/mol. The number of urea groups is 1. The lowest BCUT2D eigenvalue weighted by atomic mass is 10.2. The summed E-state index contributed by atoms with van der Waals surface area (Å²) < 4.78 is 12.9. The molecule has 0 saturated heterocycles. The van der Waals surface area contributed by atoms with Crippen molar-refractivity contribution in [2.45, 2.75) is 19.5 Å². The van der Waals surface area contributed by atoms with Gasteiger partial charge in [0.1, 0.15) is 11.9 Å². The van der Waals surface area contributed by atoms with E-state index in [2.05, 4.69) is 10.6 Å². The Kier molecular flexibility index (Phi) is 4.91. The van der Waals surface area contributed by atoms with Gasteiger partial charge in [-0.25, -0.2) is 9.18 Å². The minimum Gasteiger partial charge on any atom is -0.480 e. The molecule has 1 atom stereocenters. The van der Waals surface area contributed by atoms with Crippen LogP contribution in [0.25, 0.3) is 0 Å². The van der Waals surface area contributed by atoms with Crippen LogP contribution in [0.1, 0.15) is 12.5 Å². The molecule has 18 heavy (non-hydrogen) atoms. The predicted molar refractivity (Wildman–Crippen MR) is 63.9 cm³/mol. The topological polar surface area (TPSA) is 78.4 Å². The summed E-state index contributed by atoms with van der Waals surface area (Å²) in [4.78, 5) is 21.8. The number of hydrogen-bond acceptors (Lipinski definition) is 2. The fraction of sp³-hybridized carbons (Fsp3) is 0.273. The van der Waals surface area contributed by atoms with Gasteiger partial charge in [-0.1, -0.05) is 17.7 Å². The Hall–Kier alpha value is -1.82. The summed E-state index contributed by atoms with van der Waals surface area (Å²) >= 11 is 5.57. The molecule has 5 nitrogen and oxygen atoms in total. The first-order chi connectivity index (χ1) is 8.40. The zero-order chi connectivity index (χ0) is 13.7. The quantitative estimate of drug-likeness (QED) is 0.783. The maximum Gasteiger partial charge on any atom is 0.325 e. The molecule has 0 fully saturated rings. The molecule has 0 radical (unpaired) electrons. The zero-order valence-corrected chi connectivity index (χ0v) is 10.3. The van der Waals surface area contributed by atoms with Crippen molar-refractivity contribution >= 4 is 23.6 Å². The van der Waals surface area contributed by atoms with Gasteiger partial charge in [-0.3, -0.25) is 4.79 Å². The van der Waals surface area contributed by atoms with E-state index in [0.717, 1.165) is 0 Å². The third-order valence-electron chi connectivity index (χ3n) is 2.16. The van der Waals surface area contributed by atoms with Gasteiger partial charge in [-0.05, 0) is 24.6 Å². The lowest BCUT2D eigenvalue weighted by Gasteiger charge is -2.10. The van der Waals surface area contributed by atoms with E-state index < -0.39 is 23.9 Å². The molecule has 2 amide bonds. The molecule has 1 aromatic rings. The minimum absolute atomic E-state index is 0.0337. The Bertz CT molecular complexity index is 468. The first-order valence-corrected chi connectivity index (χ1v) is 5.49. The molecule has 3 N–H and O–H groups in total. The maximum atomic E-state index is 12.9. The van der Waals surface area contributed by atoms with Gasteiger partial charge in [0, 0.05) is 6.54 Å². The van der Waals surface area contributed by atoms with E-state index in [4.69, 9.17) is 16.7 Å². The minimum atomic E-state index is -1.13. The molecule has 0 heterocycles. The van der Waals surface area contributed by atoms with E-state index in [1.54, 1.807) is 0 Å². The highest BCUT2D eigenvalue weighted by molar-refractivity contribution is 6.30. The number of benzene rings is 1. The Morgan fingerprint density at radius 3 is 2.72 bits per heavy atom. The van der Waals surface area contributed by atoms with Crippen LogP contribution >= 0.6 is 11.6 Å². The number of aliphatic carboxylic acids is 1. The standard InChI is InChI=1S/C11H12ClFN2O3/c1-6(10(16)17)15-11(18)14-5-7-2-3-9(13)8(12)4-7/h2-4,6H,5H2,1H3,(H,16,17)(H2,14,15,18)/t6-/m0/s1. The average Bonchev–Trinajstić information content (AvgIpc) is 2.30. The summed E-state index contributed by atoms with van der Waals surface area (Å²) in [6, 6.07) is 2.45. The van der Waals surface area contributed by atoms with Crippen LogP contribution < -0.4 is 10.6 Å². The second-order valence-corrected chi connectivity index (χ2v) is 4.04. The first-order valence-electron chi connectivity index (χ1n) is 5.11. The van der Waals surface area contributed by atoms with Crippen molar-refractivity contribution < 1.29 is 19.1 Å². The van der Waals surface area contributed by atoms with E-state index in [1.165, 1.54) is 25.1 Å². The van der Waals surface area contributed by atoms with Crippen molar-refractivity contribution in [1.29, 1.82) is 0 Å². The van der Waals surface area contributed by atoms with Crippen LogP contribution in [-0.2, 0) is 11.3 Å². The zero-order valence-electron chi connectivity index (χ0n) is 9.54. The Morgan fingerprint density at radius 1 is 1.50 bits per heavy atom. The lowest BCUT2D eigenvalue weighted by molar-refractivity contribution is -0.138. The SMILES string of the molecule is C[C@H](NC(=O)NCc1ccc(F)c(Cl)c1)C(=O)O. The van der Waals surface area contributed by atoms with Crippen LogP contribution in [0.4, 0.5) is 9.18 Å². The number of rotatable bonds is 4. The molecule has 1 rings (SSSR count). The average molecular weight is 275 g/mol. The Morgan fingerprint density at radius 2 is 2.17 bits per heavy atom. The summed E-state index contributed by atoms with van der Waals surface area (Å²) in [7, 11) is 0. The summed E-state index contributed by atoms with van der Waals surface area (Å²) in [6.45, 7) is 1.47. The van der Waals surface area contributed by atoms with E-state index in [1.807, 2.05) is 0 Å².